The first-order valence-corrected chi connectivity index (χ1v) is 5.60. The van der Waals surface area contributed by atoms with Crippen LogP contribution in [0.2, 0.25) is 0 Å². The van der Waals surface area contributed by atoms with E-state index < -0.39 is 5.97 Å². The number of carboxylic acid groups (broad SMARTS) is 1. The number of benzene rings is 1. The van der Waals surface area contributed by atoms with Gasteiger partial charge in [0, 0.05) is 4.47 Å². The summed E-state index contributed by atoms with van der Waals surface area (Å²) in [6.45, 7) is 0. The van der Waals surface area contributed by atoms with Crippen molar-refractivity contribution in [1.29, 1.82) is 0 Å². The lowest BCUT2D eigenvalue weighted by molar-refractivity contribution is -0.139. The minimum Gasteiger partial charge on any atom is -0.478 e. The van der Waals surface area contributed by atoms with Gasteiger partial charge in [0.25, 0.3) is 0 Å². The highest BCUT2D eigenvalue weighted by atomic mass is 79.9. The molecule has 1 aromatic carbocycles. The summed E-state index contributed by atoms with van der Waals surface area (Å²) in [6.07, 6.45) is 3.46. The van der Waals surface area contributed by atoms with Crippen LogP contribution in [0.15, 0.2) is 28.7 Å². The highest BCUT2D eigenvalue weighted by Gasteiger charge is 2.07. The van der Waals surface area contributed by atoms with Gasteiger partial charge in [-0.05, 0) is 33.6 Å². The van der Waals surface area contributed by atoms with Crippen LogP contribution in [0.3, 0.4) is 0 Å². The second kappa shape index (κ2) is 6.20. The topological polar surface area (TPSA) is 63.6 Å². The van der Waals surface area contributed by atoms with Crippen molar-refractivity contribution >= 4 is 33.9 Å². The molecule has 0 heterocycles. The average molecular weight is 299 g/mol. The number of carboxylic acids is 1. The number of methoxy groups -OCH3 is 1. The quantitative estimate of drug-likeness (QED) is 0.868. The summed E-state index contributed by atoms with van der Waals surface area (Å²) in [6, 6.07) is 4.94. The molecule has 0 aliphatic heterocycles. The maximum absolute atomic E-state index is 10.9. The molecule has 0 aromatic heterocycles. The van der Waals surface area contributed by atoms with Crippen molar-refractivity contribution in [2.75, 3.05) is 7.11 Å². The first-order valence-electron chi connectivity index (χ1n) is 4.81. The third-order valence-electron chi connectivity index (χ3n) is 2.04. The number of ether oxygens (including phenoxy) is 1. The van der Waals surface area contributed by atoms with E-state index in [0.717, 1.165) is 5.56 Å². The van der Waals surface area contributed by atoms with Crippen LogP contribution in [0, 0.1) is 0 Å². The summed E-state index contributed by atoms with van der Waals surface area (Å²) in [5, 5.41) is 8.91. The molecule has 0 saturated heterocycles. The van der Waals surface area contributed by atoms with E-state index >= 15 is 0 Å². The lowest BCUT2D eigenvalue weighted by Gasteiger charge is -2.00. The van der Waals surface area contributed by atoms with Crippen LogP contribution < -0.4 is 0 Å². The van der Waals surface area contributed by atoms with E-state index in [1.165, 1.54) is 13.2 Å². The van der Waals surface area contributed by atoms with Crippen molar-refractivity contribution in [3.8, 4) is 0 Å². The van der Waals surface area contributed by atoms with Crippen molar-refractivity contribution in [2.24, 2.45) is 0 Å². The number of carbonyl (C=O) groups is 2. The Bertz CT molecular complexity index is 466. The lowest BCUT2D eigenvalue weighted by Crippen LogP contribution is -1.98. The molecule has 0 aliphatic carbocycles. The second-order valence-electron chi connectivity index (χ2n) is 3.23. The Morgan fingerprint density at radius 3 is 2.76 bits per heavy atom. The van der Waals surface area contributed by atoms with Gasteiger partial charge in [0.2, 0.25) is 0 Å². The van der Waals surface area contributed by atoms with Gasteiger partial charge in [-0.25, -0.2) is 4.79 Å². The number of hydrogen-bond acceptors (Lipinski definition) is 3. The van der Waals surface area contributed by atoms with E-state index in [-0.39, 0.29) is 18.0 Å². The third-order valence-corrected chi connectivity index (χ3v) is 2.73. The van der Waals surface area contributed by atoms with Crippen LogP contribution in [0.1, 0.15) is 22.3 Å². The van der Waals surface area contributed by atoms with Crippen LogP contribution in [-0.4, -0.2) is 24.2 Å². The van der Waals surface area contributed by atoms with E-state index in [0.29, 0.717) is 4.47 Å². The van der Waals surface area contributed by atoms with Gasteiger partial charge in [-0.3, -0.25) is 4.79 Å². The Morgan fingerprint density at radius 1 is 1.47 bits per heavy atom. The lowest BCUT2D eigenvalue weighted by atomic mass is 10.1. The fraction of sp³-hybridized carbons (Fsp3) is 0.167. The molecule has 0 unspecified atom stereocenters. The van der Waals surface area contributed by atoms with Gasteiger partial charge >= 0.3 is 11.9 Å². The normalized spacial score (nSPS) is 10.5. The molecule has 1 rings (SSSR count). The van der Waals surface area contributed by atoms with E-state index in [2.05, 4.69) is 20.7 Å². The van der Waals surface area contributed by atoms with Crippen LogP contribution in [0.5, 0.6) is 0 Å². The summed E-state index contributed by atoms with van der Waals surface area (Å²) >= 11 is 3.15. The fourth-order valence-electron chi connectivity index (χ4n) is 1.19. The van der Waals surface area contributed by atoms with E-state index in [4.69, 9.17) is 5.11 Å². The molecule has 4 nitrogen and oxygen atoms in total. The Balaban J connectivity index is 2.82. The molecule has 1 N–H and O–H groups in total. The average Bonchev–Trinajstić information content (AvgIpc) is 2.30. The molecule has 0 saturated carbocycles. The zero-order valence-electron chi connectivity index (χ0n) is 9.14. The van der Waals surface area contributed by atoms with Gasteiger partial charge in [-0.1, -0.05) is 18.2 Å². The van der Waals surface area contributed by atoms with Crippen molar-refractivity contribution in [3.05, 3.63) is 39.9 Å². The molecular formula is C12H11BrO4. The van der Waals surface area contributed by atoms with Crippen molar-refractivity contribution in [3.63, 3.8) is 0 Å². The van der Waals surface area contributed by atoms with Crippen molar-refractivity contribution in [1.82, 2.24) is 0 Å². The smallest absolute Gasteiger partial charge is 0.336 e. The van der Waals surface area contributed by atoms with E-state index in [1.807, 2.05) is 0 Å². The second-order valence-corrected chi connectivity index (χ2v) is 4.08. The van der Waals surface area contributed by atoms with Crippen LogP contribution in [0.4, 0.5) is 0 Å². The van der Waals surface area contributed by atoms with Gasteiger partial charge in [0.15, 0.2) is 0 Å². The van der Waals surface area contributed by atoms with E-state index in [1.54, 1.807) is 24.3 Å². The molecule has 17 heavy (non-hydrogen) atoms. The first kappa shape index (κ1) is 13.4. The summed E-state index contributed by atoms with van der Waals surface area (Å²) in [5.41, 5.74) is 0.903. The Morgan fingerprint density at radius 2 is 2.18 bits per heavy atom. The summed E-state index contributed by atoms with van der Waals surface area (Å²) < 4.78 is 5.00. The van der Waals surface area contributed by atoms with Gasteiger partial charge in [-0.15, -0.1) is 0 Å². The predicted molar refractivity (Wildman–Crippen MR) is 66.8 cm³/mol. The number of esters is 1. The third kappa shape index (κ3) is 4.03. The first-order chi connectivity index (χ1) is 8.04. The summed E-state index contributed by atoms with van der Waals surface area (Å²) in [7, 11) is 1.32. The van der Waals surface area contributed by atoms with Crippen LogP contribution >= 0.6 is 15.9 Å². The summed E-state index contributed by atoms with van der Waals surface area (Å²) in [5.74, 6) is -1.34. The fourth-order valence-corrected chi connectivity index (χ4v) is 1.60. The monoisotopic (exact) mass is 298 g/mol. The molecule has 0 spiro atoms. The standard InChI is InChI=1S/C12H11BrO4/c1-17-11(14)4-2-3-8-5-6-10(13)9(7-8)12(15)16/h2-3,5-7H,4H2,1H3,(H,15,16). The maximum Gasteiger partial charge on any atom is 0.336 e. The number of aromatic carboxylic acids is 1. The van der Waals surface area contributed by atoms with Crippen molar-refractivity contribution < 1.29 is 19.4 Å². The van der Waals surface area contributed by atoms with Gasteiger partial charge in [-0.2, -0.15) is 0 Å². The molecule has 90 valence electrons. The Labute approximate surface area is 107 Å². The Kier molecular flexibility index (Phi) is 4.90. The molecule has 0 radical (unpaired) electrons. The molecule has 0 bridgehead atoms. The van der Waals surface area contributed by atoms with Gasteiger partial charge < -0.3 is 9.84 Å². The molecule has 0 aliphatic rings. The molecule has 1 aromatic rings. The highest BCUT2D eigenvalue weighted by Crippen LogP contribution is 2.19. The number of hydrogen-bond donors (Lipinski definition) is 1. The molecule has 0 fully saturated rings. The van der Waals surface area contributed by atoms with Crippen LogP contribution in [0.25, 0.3) is 6.08 Å². The molecule has 0 atom stereocenters. The largest absolute Gasteiger partial charge is 0.478 e. The predicted octanol–water partition coefficient (Wildman–Crippen LogP) is 2.72. The molecule has 5 heteroatoms. The zero-order chi connectivity index (χ0) is 12.8. The maximum atomic E-state index is 10.9. The SMILES string of the molecule is COC(=O)CC=Cc1ccc(Br)c(C(=O)O)c1. The van der Waals surface area contributed by atoms with Crippen LogP contribution in [-0.2, 0) is 9.53 Å². The minimum absolute atomic E-state index is 0.162. The molecular weight excluding hydrogens is 288 g/mol. The van der Waals surface area contributed by atoms with Gasteiger partial charge in [0.1, 0.15) is 0 Å². The Hall–Kier alpha value is -1.62. The zero-order valence-corrected chi connectivity index (χ0v) is 10.7. The molecule has 0 amide bonds. The number of halogens is 1. The minimum atomic E-state index is -1.000. The summed E-state index contributed by atoms with van der Waals surface area (Å²) in [4.78, 5) is 21.7. The van der Waals surface area contributed by atoms with E-state index in [9.17, 15) is 9.59 Å². The number of carbonyl (C=O) groups excluding carboxylic acids is 1. The van der Waals surface area contributed by atoms with Gasteiger partial charge in [0.05, 0.1) is 19.1 Å². The highest BCUT2D eigenvalue weighted by molar-refractivity contribution is 9.10. The van der Waals surface area contributed by atoms with Crippen molar-refractivity contribution in [2.45, 2.75) is 6.42 Å². The number of rotatable bonds is 4.